The van der Waals surface area contributed by atoms with E-state index in [1.54, 1.807) is 12.1 Å². The van der Waals surface area contributed by atoms with Gasteiger partial charge in [0.05, 0.1) is 35.8 Å². The van der Waals surface area contributed by atoms with Crippen molar-refractivity contribution in [1.29, 1.82) is 0 Å². The summed E-state index contributed by atoms with van der Waals surface area (Å²) in [5.74, 6) is -0.571. The van der Waals surface area contributed by atoms with Crippen LogP contribution in [0.1, 0.15) is 153 Å². The van der Waals surface area contributed by atoms with Crippen molar-refractivity contribution in [3.8, 4) is 0 Å². The first-order chi connectivity index (χ1) is 28.2. The molecule has 3 heterocycles. The summed E-state index contributed by atoms with van der Waals surface area (Å²) in [4.78, 5) is 50.8. The summed E-state index contributed by atoms with van der Waals surface area (Å²) in [6.45, 7) is 5.17. The van der Waals surface area contributed by atoms with Crippen molar-refractivity contribution in [2.24, 2.45) is 11.8 Å². The second-order valence-electron chi connectivity index (χ2n) is 18.4. The molecule has 2 aliphatic carbocycles. The molecule has 2 saturated carbocycles. The van der Waals surface area contributed by atoms with Crippen LogP contribution in [-0.4, -0.2) is 65.6 Å². The number of nitrogens with zero attached hydrogens (tertiary/aromatic N) is 1. The van der Waals surface area contributed by atoms with Crippen LogP contribution in [0.2, 0.25) is 0 Å². The van der Waals surface area contributed by atoms with Crippen molar-refractivity contribution < 1.29 is 23.6 Å². The van der Waals surface area contributed by atoms with Gasteiger partial charge in [-0.2, -0.15) is 5.48 Å². The van der Waals surface area contributed by atoms with Crippen molar-refractivity contribution in [1.82, 2.24) is 31.6 Å². The number of hydrogen-bond acceptors (Lipinski definition) is 7. The molecule has 3 saturated heterocycles. The Kier molecular flexibility index (Phi) is 14.6. The molecule has 58 heavy (non-hydrogen) atoms. The van der Waals surface area contributed by atoms with Gasteiger partial charge in [0, 0.05) is 25.1 Å². The zero-order valence-corrected chi connectivity index (χ0v) is 35.0. The summed E-state index contributed by atoms with van der Waals surface area (Å²) in [6, 6.07) is 14.9. The lowest BCUT2D eigenvalue weighted by Gasteiger charge is -2.39. The number of nitrogens with one attached hydrogen (secondary N) is 5. The fourth-order valence-corrected chi connectivity index (χ4v) is 11.0. The minimum Gasteiger partial charge on any atom is -0.349 e. The molecule has 10 nitrogen and oxygen atoms in total. The van der Waals surface area contributed by atoms with E-state index in [-0.39, 0.29) is 42.2 Å². The molecular weight excluding hydrogens is 732 g/mol. The smallest absolute Gasteiger partial charge is 0.243 e. The van der Waals surface area contributed by atoms with Crippen LogP contribution in [0.3, 0.4) is 0 Å². The predicted molar refractivity (Wildman–Crippen MR) is 225 cm³/mol. The molecule has 7 rings (SSSR count). The molecule has 3 aliphatic heterocycles. The molecule has 2 aromatic rings. The third-order valence-corrected chi connectivity index (χ3v) is 14.4. The number of carbonyl (C=O) groups excluding carboxylic acids is 3. The van der Waals surface area contributed by atoms with Crippen LogP contribution in [0.4, 0.5) is 4.39 Å². The minimum atomic E-state index is -1.10. The minimum absolute atomic E-state index is 0.0719. The summed E-state index contributed by atoms with van der Waals surface area (Å²) in [5, 5.41) is 13.7. The van der Waals surface area contributed by atoms with Crippen molar-refractivity contribution in [3.05, 3.63) is 71.5 Å². The number of rotatable bonds is 11. The average molecular weight is 801 g/mol. The van der Waals surface area contributed by atoms with Crippen molar-refractivity contribution in [2.45, 2.75) is 177 Å². The van der Waals surface area contributed by atoms with E-state index in [9.17, 15) is 14.4 Å². The first-order valence-electron chi connectivity index (χ1n) is 22.8. The monoisotopic (exact) mass is 801 g/mol. The largest absolute Gasteiger partial charge is 0.349 e. The van der Waals surface area contributed by atoms with Gasteiger partial charge in [-0.3, -0.25) is 29.9 Å². The highest BCUT2D eigenvalue weighted by molar-refractivity contribution is 5.93. The Balaban J connectivity index is 1.07. The number of hydroxylamine groups is 1. The highest BCUT2D eigenvalue weighted by Gasteiger charge is 2.49. The standard InChI is InChI=1S/C47H69FN6O4/c1-33(43-49-32-47(52-43,37-26-17-18-27-38(37)48)36-24-15-6-3-4-7-16-25-36)50-44(56)39(30-42(55)54-29-19-28-41(54)34-20-11-10-12-21-34)51-45(57)40-31-46(2,58-53-40)35-22-13-8-5-9-14-23-35/h10-12,17-18,20-21,26-27,33,35-36,39-41,43,49,52-53H,3-9,13-16,19,22-25,28-32H2,1-2H3,(H,50,56)(H,51,57)/t33-,39-,40?,41+,43?,46?,47?/m0/s1. The molecule has 0 spiro atoms. The second-order valence-corrected chi connectivity index (χ2v) is 18.4. The summed E-state index contributed by atoms with van der Waals surface area (Å²) >= 11 is 0. The maximum Gasteiger partial charge on any atom is 0.243 e. The molecule has 5 N–H and O–H groups in total. The SMILES string of the molecule is C[C@H](NC(=O)[C@H](CC(=O)N1CCC[C@@H]1c1ccccc1)NC(=O)C1CC(C)(C2CCCCCCC2)ON1)C1NCC(c2ccccc2F)(C2CCCCCCCC2)N1. The quantitative estimate of drug-likeness (QED) is 0.160. The van der Waals surface area contributed by atoms with E-state index < -0.39 is 35.2 Å². The molecular formula is C47H69FN6O4. The third kappa shape index (κ3) is 9.96. The molecule has 2 aromatic carbocycles. The van der Waals surface area contributed by atoms with Crippen molar-refractivity contribution in [3.63, 3.8) is 0 Å². The van der Waals surface area contributed by atoms with Gasteiger partial charge < -0.3 is 15.5 Å². The van der Waals surface area contributed by atoms with E-state index in [4.69, 9.17) is 4.84 Å². The highest BCUT2D eigenvalue weighted by Crippen LogP contribution is 2.42. The summed E-state index contributed by atoms with van der Waals surface area (Å²) < 4.78 is 15.7. The van der Waals surface area contributed by atoms with E-state index >= 15 is 4.39 Å². The number of halogens is 1. The Labute approximate surface area is 345 Å². The number of hydrogen-bond donors (Lipinski definition) is 5. The normalized spacial score (nSPS) is 30.3. The fraction of sp³-hybridized carbons (Fsp3) is 0.681. The van der Waals surface area contributed by atoms with Gasteiger partial charge in [0.2, 0.25) is 17.7 Å². The molecule has 4 unspecified atom stereocenters. The van der Waals surface area contributed by atoms with Crippen LogP contribution in [0.5, 0.6) is 0 Å². The maximum atomic E-state index is 15.7. The molecule has 0 aromatic heterocycles. The van der Waals surface area contributed by atoms with E-state index in [1.807, 2.05) is 54.3 Å². The van der Waals surface area contributed by atoms with Crippen LogP contribution in [-0.2, 0) is 24.8 Å². The number of likely N-dealkylation sites (tertiary alicyclic amines) is 1. The summed E-state index contributed by atoms with van der Waals surface area (Å²) in [7, 11) is 0. The second kappa shape index (κ2) is 19.8. The van der Waals surface area contributed by atoms with Crippen LogP contribution in [0.15, 0.2) is 54.6 Å². The molecule has 318 valence electrons. The van der Waals surface area contributed by atoms with Gasteiger partial charge in [-0.15, -0.1) is 0 Å². The lowest BCUT2D eigenvalue weighted by molar-refractivity contribution is -0.137. The molecule has 0 radical (unpaired) electrons. The maximum absolute atomic E-state index is 15.7. The van der Waals surface area contributed by atoms with Gasteiger partial charge >= 0.3 is 0 Å². The van der Waals surface area contributed by atoms with E-state index in [1.165, 1.54) is 44.9 Å². The Hall–Kier alpha value is -3.38. The fourth-order valence-electron chi connectivity index (χ4n) is 11.0. The van der Waals surface area contributed by atoms with E-state index in [0.29, 0.717) is 31.0 Å². The molecule has 5 aliphatic rings. The lowest BCUT2D eigenvalue weighted by Crippen LogP contribution is -2.59. The van der Waals surface area contributed by atoms with Gasteiger partial charge in [0.25, 0.3) is 0 Å². The highest BCUT2D eigenvalue weighted by atomic mass is 19.1. The van der Waals surface area contributed by atoms with Gasteiger partial charge in [-0.05, 0) is 75.8 Å². The van der Waals surface area contributed by atoms with Gasteiger partial charge in [-0.25, -0.2) is 4.39 Å². The molecule has 11 heteroatoms. The van der Waals surface area contributed by atoms with Crippen molar-refractivity contribution in [2.75, 3.05) is 13.1 Å². The Morgan fingerprint density at radius 2 is 1.43 bits per heavy atom. The van der Waals surface area contributed by atoms with Gasteiger partial charge in [0.15, 0.2) is 0 Å². The van der Waals surface area contributed by atoms with Crippen molar-refractivity contribution >= 4 is 17.7 Å². The van der Waals surface area contributed by atoms with Gasteiger partial charge in [0.1, 0.15) is 17.9 Å². The first-order valence-corrected chi connectivity index (χ1v) is 22.8. The average Bonchev–Trinajstić information content (AvgIpc) is 3.99. The third-order valence-electron chi connectivity index (χ3n) is 14.4. The Morgan fingerprint density at radius 1 is 0.810 bits per heavy atom. The van der Waals surface area contributed by atoms with Crippen LogP contribution in [0, 0.1) is 17.7 Å². The molecule has 5 fully saturated rings. The van der Waals surface area contributed by atoms with E-state index in [0.717, 1.165) is 69.8 Å². The lowest BCUT2D eigenvalue weighted by atomic mass is 9.73. The number of benzene rings is 2. The Bertz CT molecular complexity index is 1660. The molecule has 0 bridgehead atoms. The Morgan fingerprint density at radius 3 is 2.10 bits per heavy atom. The number of amides is 3. The summed E-state index contributed by atoms with van der Waals surface area (Å²) in [5.41, 5.74) is 3.65. The van der Waals surface area contributed by atoms with Crippen LogP contribution in [0.25, 0.3) is 0 Å². The topological polar surface area (TPSA) is 124 Å². The molecule has 3 amide bonds. The zero-order valence-electron chi connectivity index (χ0n) is 35.0. The summed E-state index contributed by atoms with van der Waals surface area (Å²) in [6.07, 6.45) is 19.0. The zero-order chi connectivity index (χ0) is 40.5. The van der Waals surface area contributed by atoms with Crippen LogP contribution >= 0.6 is 0 Å². The first kappa shape index (κ1) is 42.7. The van der Waals surface area contributed by atoms with Crippen LogP contribution < -0.4 is 26.7 Å². The number of carbonyl (C=O) groups is 3. The predicted octanol–water partition coefficient (Wildman–Crippen LogP) is 7.45. The van der Waals surface area contributed by atoms with E-state index in [2.05, 4.69) is 33.7 Å². The molecule has 7 atom stereocenters. The van der Waals surface area contributed by atoms with Gasteiger partial charge in [-0.1, -0.05) is 119 Å².